The molecule has 0 radical (unpaired) electrons. The van der Waals surface area contributed by atoms with Crippen LogP contribution >= 0.6 is 11.8 Å². The number of aliphatic hydroxyl groups excluding tert-OH is 1. The number of benzene rings is 2. The molecule has 222 valence electrons. The maximum Gasteiger partial charge on any atom is 0.251 e. The van der Waals surface area contributed by atoms with Crippen molar-refractivity contribution < 1.29 is 24.2 Å². The van der Waals surface area contributed by atoms with Crippen molar-refractivity contribution in [1.82, 2.24) is 4.90 Å². The van der Waals surface area contributed by atoms with Crippen molar-refractivity contribution in [1.29, 1.82) is 0 Å². The summed E-state index contributed by atoms with van der Waals surface area (Å²) in [4.78, 5) is 48.5. The van der Waals surface area contributed by atoms with E-state index in [0.29, 0.717) is 30.8 Å². The van der Waals surface area contributed by atoms with Gasteiger partial charge in [-0.25, -0.2) is 0 Å². The third-order valence-corrected chi connectivity index (χ3v) is 10.9. The number of likely N-dealkylation sites (tertiary alicyclic amines) is 1. The van der Waals surface area contributed by atoms with Crippen LogP contribution in [0, 0.1) is 11.8 Å². The van der Waals surface area contributed by atoms with Gasteiger partial charge in [-0.15, -0.1) is 24.9 Å². The molecule has 0 aliphatic carbocycles. The van der Waals surface area contributed by atoms with Gasteiger partial charge in [0.25, 0.3) is 5.91 Å². The van der Waals surface area contributed by atoms with Crippen molar-refractivity contribution in [2.45, 2.75) is 41.7 Å². The van der Waals surface area contributed by atoms with E-state index in [1.54, 1.807) is 57.9 Å². The van der Waals surface area contributed by atoms with Crippen molar-refractivity contribution >= 4 is 40.9 Å². The zero-order chi connectivity index (χ0) is 30.1. The van der Waals surface area contributed by atoms with E-state index >= 15 is 0 Å². The van der Waals surface area contributed by atoms with Crippen LogP contribution in [-0.4, -0.2) is 76.6 Å². The molecule has 1 N–H and O–H groups in total. The number of amides is 3. The molecular weight excluding hydrogens is 550 g/mol. The van der Waals surface area contributed by atoms with Gasteiger partial charge in [-0.3, -0.25) is 14.4 Å². The van der Waals surface area contributed by atoms with E-state index < -0.39 is 27.4 Å². The zero-order valence-electron chi connectivity index (χ0n) is 24.3. The van der Waals surface area contributed by atoms with Gasteiger partial charge in [0.05, 0.1) is 23.7 Å². The number of nitrogens with zero attached hydrogens (tertiary/aromatic N) is 3. The Morgan fingerprint density at radius 1 is 1.02 bits per heavy atom. The molecule has 1 spiro atoms. The molecule has 42 heavy (non-hydrogen) atoms. The second kappa shape index (κ2) is 12.0. The minimum absolute atomic E-state index is 0.106. The number of carbonyl (C=O) groups is 3. The molecule has 9 heteroatoms. The van der Waals surface area contributed by atoms with Gasteiger partial charge >= 0.3 is 0 Å². The first kappa shape index (κ1) is 29.9. The van der Waals surface area contributed by atoms with E-state index in [1.807, 2.05) is 42.5 Å². The van der Waals surface area contributed by atoms with Crippen molar-refractivity contribution in [2.24, 2.45) is 11.8 Å². The van der Waals surface area contributed by atoms with Crippen LogP contribution in [0.1, 0.15) is 26.2 Å². The molecule has 0 aromatic heterocycles. The lowest BCUT2D eigenvalue weighted by Crippen LogP contribution is -2.55. The van der Waals surface area contributed by atoms with Gasteiger partial charge in [0.2, 0.25) is 11.8 Å². The average Bonchev–Trinajstić information content (AvgIpc) is 3.57. The highest BCUT2D eigenvalue weighted by molar-refractivity contribution is 8.02. The Kier molecular flexibility index (Phi) is 8.53. The number of anilines is 2. The molecule has 5 atom stereocenters. The molecule has 2 aromatic rings. The number of ether oxygens (including phenoxy) is 1. The van der Waals surface area contributed by atoms with Crippen LogP contribution in [0.25, 0.3) is 0 Å². The van der Waals surface area contributed by atoms with Crippen LogP contribution in [-0.2, 0) is 14.4 Å². The number of rotatable bonds is 12. The number of aliphatic hydroxyl groups is 1. The Balaban J connectivity index is 1.57. The lowest BCUT2D eigenvalue weighted by molar-refractivity contribution is -0.139. The largest absolute Gasteiger partial charge is 0.497 e. The average molecular weight is 590 g/mol. The number of fused-ring (bicyclic) bond motifs is 1. The van der Waals surface area contributed by atoms with Gasteiger partial charge < -0.3 is 24.5 Å². The summed E-state index contributed by atoms with van der Waals surface area (Å²) in [5.41, 5.74) is 1.42. The summed E-state index contributed by atoms with van der Waals surface area (Å²) >= 11 is 1.64. The molecule has 0 saturated carbocycles. The second-order valence-electron chi connectivity index (χ2n) is 11.3. The quantitative estimate of drug-likeness (QED) is 0.372. The molecule has 3 aliphatic heterocycles. The van der Waals surface area contributed by atoms with Crippen LogP contribution in [0.15, 0.2) is 79.9 Å². The lowest BCUT2D eigenvalue weighted by Gasteiger charge is -2.38. The van der Waals surface area contributed by atoms with Crippen LogP contribution in [0.4, 0.5) is 11.4 Å². The number of methoxy groups -OCH3 is 1. The van der Waals surface area contributed by atoms with Crippen LogP contribution in [0.5, 0.6) is 5.75 Å². The maximum atomic E-state index is 14.6. The first-order valence-electron chi connectivity index (χ1n) is 14.4. The van der Waals surface area contributed by atoms with Crippen molar-refractivity contribution in [3.05, 3.63) is 79.9 Å². The van der Waals surface area contributed by atoms with Gasteiger partial charge in [0.15, 0.2) is 0 Å². The predicted octanol–water partition coefficient (Wildman–Crippen LogP) is 4.30. The van der Waals surface area contributed by atoms with Gasteiger partial charge in [-0.2, -0.15) is 0 Å². The molecular formula is C33H39N3O5S. The third-order valence-electron chi connectivity index (χ3n) is 8.94. The second-order valence-corrected chi connectivity index (χ2v) is 13.2. The summed E-state index contributed by atoms with van der Waals surface area (Å²) in [6.07, 6.45) is 5.08. The summed E-state index contributed by atoms with van der Waals surface area (Å²) in [5.74, 6) is -1.10. The molecule has 2 unspecified atom stereocenters. The van der Waals surface area contributed by atoms with Crippen LogP contribution in [0.3, 0.4) is 0 Å². The Hall–Kier alpha value is -3.56. The number of thioether (sulfide) groups is 1. The van der Waals surface area contributed by atoms with Crippen molar-refractivity contribution in [3.8, 4) is 5.75 Å². The summed E-state index contributed by atoms with van der Waals surface area (Å²) in [5, 5.41) is 9.70. The Morgan fingerprint density at radius 2 is 1.64 bits per heavy atom. The topological polar surface area (TPSA) is 90.4 Å². The monoisotopic (exact) mass is 589 g/mol. The first-order chi connectivity index (χ1) is 20.3. The highest BCUT2D eigenvalue weighted by Gasteiger charge is 2.77. The Labute approximate surface area is 252 Å². The summed E-state index contributed by atoms with van der Waals surface area (Å²) < 4.78 is 4.04. The van der Waals surface area contributed by atoms with Crippen molar-refractivity contribution in [3.63, 3.8) is 0 Å². The van der Waals surface area contributed by atoms with E-state index in [2.05, 4.69) is 20.1 Å². The highest BCUT2D eigenvalue weighted by Crippen LogP contribution is 2.71. The van der Waals surface area contributed by atoms with E-state index in [1.165, 1.54) is 0 Å². The Bertz CT molecular complexity index is 1350. The molecule has 8 nitrogen and oxygen atoms in total. The standard InChI is InChI=1S/C33H39N3O5S/c1-5-19-34(23-11-8-7-9-12-23)29(38)26-27-30(39)36(21-10-22-37)28(33(27)18-17-32(26,3)42-33)31(40)35(20-6-2)24-13-15-25(41-4)16-14-24/h5-9,11-16,26-28,37H,1-2,10,17-22H2,3-4H3/t26-,27+,28?,32+,33?/m1/s1. The predicted molar refractivity (Wildman–Crippen MR) is 167 cm³/mol. The number of hydrogen-bond acceptors (Lipinski definition) is 6. The summed E-state index contributed by atoms with van der Waals surface area (Å²) in [6, 6.07) is 15.9. The van der Waals surface area contributed by atoms with Crippen LogP contribution in [0.2, 0.25) is 0 Å². The molecule has 2 aromatic carbocycles. The molecule has 3 heterocycles. The summed E-state index contributed by atoms with van der Waals surface area (Å²) in [6.45, 7) is 10.5. The van der Waals surface area contributed by atoms with E-state index in [9.17, 15) is 19.5 Å². The van der Waals surface area contributed by atoms with Gasteiger partial charge in [-0.1, -0.05) is 30.4 Å². The number of para-hydroxylation sites is 1. The van der Waals surface area contributed by atoms with Gasteiger partial charge in [0, 0.05) is 42.4 Å². The fourth-order valence-corrected chi connectivity index (χ4v) is 9.50. The van der Waals surface area contributed by atoms with E-state index in [4.69, 9.17) is 4.74 Å². The first-order valence-corrected chi connectivity index (χ1v) is 15.2. The fourth-order valence-electron chi connectivity index (χ4n) is 7.15. The third kappa shape index (κ3) is 4.82. The molecule has 2 bridgehead atoms. The smallest absolute Gasteiger partial charge is 0.251 e. The highest BCUT2D eigenvalue weighted by atomic mass is 32.2. The van der Waals surface area contributed by atoms with Gasteiger partial charge in [-0.05, 0) is 62.6 Å². The molecule has 5 rings (SSSR count). The lowest BCUT2D eigenvalue weighted by atomic mass is 9.66. The normalized spacial score (nSPS) is 27.5. The molecule has 3 amide bonds. The maximum absolute atomic E-state index is 14.6. The van der Waals surface area contributed by atoms with Crippen molar-refractivity contribution in [2.75, 3.05) is 43.2 Å². The minimum atomic E-state index is -0.780. The van der Waals surface area contributed by atoms with E-state index in [0.717, 1.165) is 12.1 Å². The van der Waals surface area contributed by atoms with Crippen LogP contribution < -0.4 is 14.5 Å². The number of hydrogen-bond donors (Lipinski definition) is 1. The molecule has 3 fully saturated rings. The number of carbonyl (C=O) groups excluding carboxylic acids is 3. The minimum Gasteiger partial charge on any atom is -0.497 e. The molecule has 3 saturated heterocycles. The molecule has 3 aliphatic rings. The fraction of sp³-hybridized carbons (Fsp3) is 0.424. The van der Waals surface area contributed by atoms with E-state index in [-0.39, 0.29) is 37.4 Å². The summed E-state index contributed by atoms with van der Waals surface area (Å²) in [7, 11) is 1.59. The zero-order valence-corrected chi connectivity index (χ0v) is 25.1. The Morgan fingerprint density at radius 3 is 2.24 bits per heavy atom. The SMILES string of the molecule is C=CCN(C(=O)C1N(CCCO)C(=O)[C@@H]2[C@H](C(=O)N(CC=C)c3ccccc3)[C@]3(C)CCC12S3)c1ccc(OC)cc1. The van der Waals surface area contributed by atoms with Gasteiger partial charge in [0.1, 0.15) is 11.8 Å².